The van der Waals surface area contributed by atoms with Gasteiger partial charge in [0.1, 0.15) is 0 Å². The van der Waals surface area contributed by atoms with Crippen molar-refractivity contribution in [3.05, 3.63) is 30.5 Å². The Bertz CT molecular complexity index is 563. The van der Waals surface area contributed by atoms with Crippen LogP contribution >= 0.6 is 0 Å². The Morgan fingerprint density at radius 2 is 2.00 bits per heavy atom. The van der Waals surface area contributed by atoms with Crippen LogP contribution in [-0.4, -0.2) is 17.6 Å². The SMILES string of the molecule is CCCCCN(c1ccnc2c(N)cccc12)C(C)C. The lowest BCUT2D eigenvalue weighted by Crippen LogP contribution is -2.32. The Morgan fingerprint density at radius 3 is 2.70 bits per heavy atom. The molecule has 3 nitrogen and oxygen atoms in total. The molecule has 108 valence electrons. The molecule has 0 aliphatic rings. The van der Waals surface area contributed by atoms with Crippen molar-refractivity contribution < 1.29 is 0 Å². The minimum Gasteiger partial charge on any atom is -0.397 e. The third-order valence-electron chi connectivity index (χ3n) is 3.71. The van der Waals surface area contributed by atoms with Gasteiger partial charge in [0.2, 0.25) is 0 Å². The number of hydrogen-bond donors (Lipinski definition) is 1. The van der Waals surface area contributed by atoms with Crippen LogP contribution < -0.4 is 10.6 Å². The highest BCUT2D eigenvalue weighted by Crippen LogP contribution is 2.29. The van der Waals surface area contributed by atoms with E-state index in [0.29, 0.717) is 6.04 Å². The molecule has 0 spiro atoms. The molecule has 0 saturated heterocycles. The molecule has 1 aromatic heterocycles. The fourth-order valence-electron chi connectivity index (χ4n) is 2.62. The highest BCUT2D eigenvalue weighted by molar-refractivity contribution is 5.98. The average Bonchev–Trinajstić information content (AvgIpc) is 2.44. The van der Waals surface area contributed by atoms with E-state index >= 15 is 0 Å². The first kappa shape index (κ1) is 14.6. The zero-order valence-electron chi connectivity index (χ0n) is 12.8. The first-order valence-corrected chi connectivity index (χ1v) is 7.55. The number of unbranched alkanes of at least 4 members (excludes halogenated alkanes) is 2. The number of nitrogens with zero attached hydrogens (tertiary/aromatic N) is 2. The molecule has 0 unspecified atom stereocenters. The number of fused-ring (bicyclic) bond motifs is 1. The fraction of sp³-hybridized carbons (Fsp3) is 0.471. The van der Waals surface area contributed by atoms with Crippen molar-refractivity contribution in [2.75, 3.05) is 17.2 Å². The maximum Gasteiger partial charge on any atom is 0.0951 e. The van der Waals surface area contributed by atoms with E-state index in [1.165, 1.54) is 24.9 Å². The van der Waals surface area contributed by atoms with Gasteiger partial charge < -0.3 is 10.6 Å². The number of para-hydroxylation sites is 1. The predicted molar refractivity (Wildman–Crippen MR) is 88.2 cm³/mol. The second-order valence-electron chi connectivity index (χ2n) is 5.57. The molecule has 0 saturated carbocycles. The molecule has 0 aliphatic carbocycles. The number of nitrogens with two attached hydrogens (primary N) is 1. The Labute approximate surface area is 121 Å². The molecule has 0 amide bonds. The molecule has 2 N–H and O–H groups in total. The van der Waals surface area contributed by atoms with Gasteiger partial charge in [0.15, 0.2) is 0 Å². The van der Waals surface area contributed by atoms with E-state index in [1.54, 1.807) is 0 Å². The summed E-state index contributed by atoms with van der Waals surface area (Å²) < 4.78 is 0. The highest BCUT2D eigenvalue weighted by Gasteiger charge is 2.14. The standard InChI is InChI=1S/C17H25N3/c1-4-5-6-12-20(13(2)3)16-10-11-19-17-14(16)8-7-9-15(17)18/h7-11,13H,4-6,12,18H2,1-3H3. The first-order valence-electron chi connectivity index (χ1n) is 7.55. The molecule has 20 heavy (non-hydrogen) atoms. The monoisotopic (exact) mass is 271 g/mol. The lowest BCUT2D eigenvalue weighted by atomic mass is 10.1. The van der Waals surface area contributed by atoms with E-state index in [1.807, 2.05) is 18.3 Å². The zero-order valence-corrected chi connectivity index (χ0v) is 12.8. The number of aromatic nitrogens is 1. The Kier molecular flexibility index (Phi) is 4.83. The number of pyridine rings is 1. The Balaban J connectivity index is 2.40. The molecule has 1 heterocycles. The summed E-state index contributed by atoms with van der Waals surface area (Å²) in [5.74, 6) is 0. The Hall–Kier alpha value is -1.77. The molecule has 3 heteroatoms. The van der Waals surface area contributed by atoms with Crippen LogP contribution in [0.15, 0.2) is 30.5 Å². The molecular formula is C17H25N3. The molecular weight excluding hydrogens is 246 g/mol. The van der Waals surface area contributed by atoms with Crippen molar-refractivity contribution in [3.63, 3.8) is 0 Å². The quantitative estimate of drug-likeness (QED) is 0.631. The van der Waals surface area contributed by atoms with Gasteiger partial charge in [-0.05, 0) is 32.4 Å². The normalized spacial score (nSPS) is 11.2. The summed E-state index contributed by atoms with van der Waals surface area (Å²) in [5.41, 5.74) is 8.95. The van der Waals surface area contributed by atoms with Gasteiger partial charge in [-0.15, -0.1) is 0 Å². The van der Waals surface area contributed by atoms with Gasteiger partial charge in [-0.2, -0.15) is 0 Å². The van der Waals surface area contributed by atoms with Gasteiger partial charge in [-0.1, -0.05) is 31.9 Å². The van der Waals surface area contributed by atoms with Gasteiger partial charge in [-0.3, -0.25) is 4.98 Å². The Morgan fingerprint density at radius 1 is 1.20 bits per heavy atom. The zero-order chi connectivity index (χ0) is 14.5. The van der Waals surface area contributed by atoms with Crippen molar-refractivity contribution in [3.8, 4) is 0 Å². The maximum atomic E-state index is 6.04. The summed E-state index contributed by atoms with van der Waals surface area (Å²) in [4.78, 5) is 6.89. The second-order valence-corrected chi connectivity index (χ2v) is 5.57. The largest absolute Gasteiger partial charge is 0.397 e. The maximum absolute atomic E-state index is 6.04. The van der Waals surface area contributed by atoms with Gasteiger partial charge in [0, 0.05) is 29.9 Å². The van der Waals surface area contributed by atoms with Crippen molar-refractivity contribution in [2.24, 2.45) is 0 Å². The number of rotatable bonds is 6. The number of hydrogen-bond acceptors (Lipinski definition) is 3. The van der Waals surface area contributed by atoms with Crippen LogP contribution in [0.1, 0.15) is 40.0 Å². The van der Waals surface area contributed by atoms with E-state index in [2.05, 4.69) is 42.8 Å². The van der Waals surface area contributed by atoms with E-state index in [0.717, 1.165) is 23.1 Å². The molecule has 2 rings (SSSR count). The minimum atomic E-state index is 0.471. The first-order chi connectivity index (χ1) is 9.65. The molecule has 0 aliphatic heterocycles. The third-order valence-corrected chi connectivity index (χ3v) is 3.71. The number of nitrogen functional groups attached to an aromatic ring is 1. The van der Waals surface area contributed by atoms with E-state index in [4.69, 9.17) is 5.73 Å². The molecule has 2 aromatic rings. The van der Waals surface area contributed by atoms with Crippen molar-refractivity contribution in [1.29, 1.82) is 0 Å². The summed E-state index contributed by atoms with van der Waals surface area (Å²) in [6.07, 6.45) is 5.61. The van der Waals surface area contributed by atoms with Gasteiger partial charge in [0.25, 0.3) is 0 Å². The highest BCUT2D eigenvalue weighted by atomic mass is 15.2. The smallest absolute Gasteiger partial charge is 0.0951 e. The van der Waals surface area contributed by atoms with Crippen LogP contribution in [0, 0.1) is 0 Å². The molecule has 0 bridgehead atoms. The minimum absolute atomic E-state index is 0.471. The number of benzene rings is 1. The predicted octanol–water partition coefficient (Wildman–Crippen LogP) is 4.22. The van der Waals surface area contributed by atoms with E-state index in [-0.39, 0.29) is 0 Å². The van der Waals surface area contributed by atoms with Crippen LogP contribution in [0.4, 0.5) is 11.4 Å². The fourth-order valence-corrected chi connectivity index (χ4v) is 2.62. The van der Waals surface area contributed by atoms with Crippen LogP contribution in [0.2, 0.25) is 0 Å². The lowest BCUT2D eigenvalue weighted by molar-refractivity contribution is 0.627. The molecule has 0 radical (unpaired) electrons. The topological polar surface area (TPSA) is 42.2 Å². The molecule has 1 aromatic carbocycles. The van der Waals surface area contributed by atoms with Crippen LogP contribution in [0.5, 0.6) is 0 Å². The summed E-state index contributed by atoms with van der Waals surface area (Å²) in [5, 5.41) is 1.15. The van der Waals surface area contributed by atoms with Crippen molar-refractivity contribution >= 4 is 22.3 Å². The van der Waals surface area contributed by atoms with E-state index in [9.17, 15) is 0 Å². The van der Waals surface area contributed by atoms with Crippen LogP contribution in [0.3, 0.4) is 0 Å². The lowest BCUT2D eigenvalue weighted by Gasteiger charge is -2.30. The summed E-state index contributed by atoms with van der Waals surface area (Å²) in [6.45, 7) is 7.80. The van der Waals surface area contributed by atoms with E-state index < -0.39 is 0 Å². The summed E-state index contributed by atoms with van der Waals surface area (Å²) in [6, 6.07) is 8.61. The van der Waals surface area contributed by atoms with Gasteiger partial charge >= 0.3 is 0 Å². The number of anilines is 2. The second kappa shape index (κ2) is 6.60. The molecule has 0 fully saturated rings. The summed E-state index contributed by atoms with van der Waals surface area (Å²) in [7, 11) is 0. The third kappa shape index (κ3) is 3.03. The van der Waals surface area contributed by atoms with Gasteiger partial charge in [0.05, 0.1) is 11.2 Å². The molecule has 0 atom stereocenters. The van der Waals surface area contributed by atoms with Crippen LogP contribution in [0.25, 0.3) is 10.9 Å². The average molecular weight is 271 g/mol. The van der Waals surface area contributed by atoms with Gasteiger partial charge in [-0.25, -0.2) is 0 Å². The van der Waals surface area contributed by atoms with Crippen LogP contribution in [-0.2, 0) is 0 Å². The summed E-state index contributed by atoms with van der Waals surface area (Å²) >= 11 is 0. The van der Waals surface area contributed by atoms with Crippen molar-refractivity contribution in [1.82, 2.24) is 4.98 Å². The van der Waals surface area contributed by atoms with Crippen molar-refractivity contribution in [2.45, 2.75) is 46.1 Å².